The van der Waals surface area contributed by atoms with E-state index in [2.05, 4.69) is 31.5 Å². The van der Waals surface area contributed by atoms with Gasteiger partial charge >= 0.3 is 12.1 Å². The average Bonchev–Trinajstić information content (AvgIpc) is 2.83. The summed E-state index contributed by atoms with van der Waals surface area (Å²) in [6.07, 6.45) is -4.73. The smallest absolute Gasteiger partial charge is 0.416 e. The summed E-state index contributed by atoms with van der Waals surface area (Å²) < 4.78 is 39.8. The second-order valence-electron chi connectivity index (χ2n) is 4.06. The number of nitrogens with zero attached hydrogens (tertiary/aromatic N) is 4. The molecule has 6 nitrogen and oxygen atoms in total. The molecule has 0 aliphatic rings. The van der Waals surface area contributed by atoms with E-state index in [9.17, 15) is 18.0 Å². The van der Waals surface area contributed by atoms with Crippen molar-refractivity contribution in [1.29, 1.82) is 0 Å². The average molecular weight is 365 g/mol. The molecule has 0 spiro atoms. The van der Waals surface area contributed by atoms with Gasteiger partial charge in [-0.3, -0.25) is 4.79 Å². The zero-order valence-electron chi connectivity index (χ0n) is 10.3. The lowest BCUT2D eigenvalue weighted by Gasteiger charge is -2.10. The van der Waals surface area contributed by atoms with Crippen molar-refractivity contribution in [1.82, 2.24) is 20.2 Å². The van der Waals surface area contributed by atoms with Crippen LogP contribution in [0.1, 0.15) is 12.0 Å². The van der Waals surface area contributed by atoms with Crippen molar-refractivity contribution in [3.63, 3.8) is 0 Å². The maximum absolute atomic E-state index is 12.7. The van der Waals surface area contributed by atoms with Crippen LogP contribution in [0.25, 0.3) is 11.4 Å². The molecule has 2 rings (SSSR count). The van der Waals surface area contributed by atoms with Gasteiger partial charge < -0.3 is 5.11 Å². The van der Waals surface area contributed by atoms with E-state index in [4.69, 9.17) is 5.11 Å². The Morgan fingerprint density at radius 3 is 2.71 bits per heavy atom. The number of carboxylic acid groups (broad SMARTS) is 1. The van der Waals surface area contributed by atoms with Crippen LogP contribution in [0.5, 0.6) is 0 Å². The Balaban J connectivity index is 2.42. The summed E-state index contributed by atoms with van der Waals surface area (Å²) in [5.41, 5.74) is -0.700. The Hall–Kier alpha value is -1.97. The zero-order chi connectivity index (χ0) is 15.6. The number of aryl methyl sites for hydroxylation is 1. The number of carboxylic acids is 1. The van der Waals surface area contributed by atoms with Crippen molar-refractivity contribution in [3.05, 3.63) is 28.2 Å². The molecule has 1 heterocycles. The molecule has 0 fully saturated rings. The predicted octanol–water partition coefficient (Wildman–Crippen LogP) is 2.60. The highest BCUT2D eigenvalue weighted by Crippen LogP contribution is 2.35. The van der Waals surface area contributed by atoms with Crippen LogP contribution < -0.4 is 0 Å². The summed E-state index contributed by atoms with van der Waals surface area (Å²) >= 11 is 3.14. The highest BCUT2D eigenvalue weighted by atomic mass is 79.9. The van der Waals surface area contributed by atoms with E-state index in [0.717, 1.165) is 16.8 Å². The minimum absolute atomic E-state index is 0.0413. The first-order valence-electron chi connectivity index (χ1n) is 5.64. The number of halogens is 4. The second-order valence-corrected chi connectivity index (χ2v) is 4.92. The van der Waals surface area contributed by atoms with Gasteiger partial charge in [-0.05, 0) is 28.6 Å². The molecule has 10 heteroatoms. The van der Waals surface area contributed by atoms with Crippen molar-refractivity contribution >= 4 is 21.9 Å². The molecule has 0 unspecified atom stereocenters. The Labute approximate surface area is 124 Å². The monoisotopic (exact) mass is 364 g/mol. The summed E-state index contributed by atoms with van der Waals surface area (Å²) in [4.78, 5) is 10.6. The minimum atomic E-state index is -4.49. The molecule has 1 aromatic heterocycles. The van der Waals surface area contributed by atoms with Crippen molar-refractivity contribution in [2.24, 2.45) is 0 Å². The first kappa shape index (κ1) is 15.4. The zero-order valence-corrected chi connectivity index (χ0v) is 11.9. The molecule has 0 atom stereocenters. The lowest BCUT2D eigenvalue weighted by atomic mass is 10.1. The topological polar surface area (TPSA) is 80.9 Å². The van der Waals surface area contributed by atoms with Crippen molar-refractivity contribution in [2.45, 2.75) is 19.1 Å². The molecule has 0 aliphatic heterocycles. The van der Waals surface area contributed by atoms with Gasteiger partial charge in [-0.2, -0.15) is 13.2 Å². The number of carbonyl (C=O) groups is 1. The molecule has 0 saturated heterocycles. The third-order valence-electron chi connectivity index (χ3n) is 2.60. The lowest BCUT2D eigenvalue weighted by Crippen LogP contribution is -2.09. The molecule has 2 aromatic rings. The van der Waals surface area contributed by atoms with E-state index in [-0.39, 0.29) is 24.4 Å². The molecule has 0 saturated carbocycles. The van der Waals surface area contributed by atoms with Crippen LogP contribution in [0, 0.1) is 0 Å². The predicted molar refractivity (Wildman–Crippen MR) is 68.2 cm³/mol. The highest BCUT2D eigenvalue weighted by Gasteiger charge is 2.31. The van der Waals surface area contributed by atoms with E-state index in [1.165, 1.54) is 6.07 Å². The van der Waals surface area contributed by atoms with Crippen molar-refractivity contribution in [3.8, 4) is 11.4 Å². The lowest BCUT2D eigenvalue weighted by molar-refractivity contribution is -0.138. The molecule has 21 heavy (non-hydrogen) atoms. The standard InChI is InChI=1S/C11H8BrF3N4O2/c12-8-2-1-6(11(13,14)15)5-7(8)10-16-17-18-19(10)4-3-9(20)21/h1-2,5H,3-4H2,(H,20,21). The maximum atomic E-state index is 12.7. The first-order valence-corrected chi connectivity index (χ1v) is 6.43. The van der Waals surface area contributed by atoms with Gasteiger partial charge in [0, 0.05) is 10.0 Å². The fourth-order valence-electron chi connectivity index (χ4n) is 1.62. The maximum Gasteiger partial charge on any atom is 0.416 e. The van der Waals surface area contributed by atoms with Crippen LogP contribution in [0.2, 0.25) is 0 Å². The van der Waals surface area contributed by atoms with Gasteiger partial charge in [0.1, 0.15) is 0 Å². The Bertz CT molecular complexity index is 672. The van der Waals surface area contributed by atoms with Crippen molar-refractivity contribution < 1.29 is 23.1 Å². The summed E-state index contributed by atoms with van der Waals surface area (Å²) in [5, 5.41) is 19.3. The third kappa shape index (κ3) is 3.57. The summed E-state index contributed by atoms with van der Waals surface area (Å²) in [5.74, 6) is -0.992. The fourth-order valence-corrected chi connectivity index (χ4v) is 2.05. The summed E-state index contributed by atoms with van der Waals surface area (Å²) in [7, 11) is 0. The van der Waals surface area contributed by atoms with Crippen LogP contribution in [0.3, 0.4) is 0 Å². The van der Waals surface area contributed by atoms with Gasteiger partial charge in [0.05, 0.1) is 18.5 Å². The molecular weight excluding hydrogens is 357 g/mol. The van der Waals surface area contributed by atoms with Crippen LogP contribution >= 0.6 is 15.9 Å². The normalized spacial score (nSPS) is 11.6. The van der Waals surface area contributed by atoms with Gasteiger partial charge in [-0.15, -0.1) is 5.10 Å². The van der Waals surface area contributed by atoms with Gasteiger partial charge in [0.25, 0.3) is 0 Å². The number of benzene rings is 1. The van der Waals surface area contributed by atoms with E-state index in [1.807, 2.05) is 0 Å². The molecule has 0 radical (unpaired) electrons. The molecule has 0 amide bonds. The number of hydrogen-bond acceptors (Lipinski definition) is 4. The summed E-state index contributed by atoms with van der Waals surface area (Å²) in [6.45, 7) is -0.0413. The number of aliphatic carboxylic acids is 1. The molecule has 0 bridgehead atoms. The van der Waals surface area contributed by atoms with E-state index >= 15 is 0 Å². The fraction of sp³-hybridized carbons (Fsp3) is 0.273. The van der Waals surface area contributed by atoms with E-state index in [1.54, 1.807) is 0 Å². The number of hydrogen-bond donors (Lipinski definition) is 1. The number of rotatable bonds is 4. The number of tetrazole rings is 1. The highest BCUT2D eigenvalue weighted by molar-refractivity contribution is 9.10. The molecule has 0 aliphatic carbocycles. The van der Waals surface area contributed by atoms with Gasteiger partial charge in [0.2, 0.25) is 0 Å². The molecule has 112 valence electrons. The first-order chi connectivity index (χ1) is 9.79. The number of aromatic nitrogens is 4. The van der Waals surface area contributed by atoms with Gasteiger partial charge in [-0.25, -0.2) is 4.68 Å². The Kier molecular flexibility index (Phi) is 4.26. The second kappa shape index (κ2) is 5.80. The van der Waals surface area contributed by atoms with Gasteiger partial charge in [0.15, 0.2) is 5.82 Å². The molecule has 1 aromatic carbocycles. The number of alkyl halides is 3. The quantitative estimate of drug-likeness (QED) is 0.901. The van der Waals surface area contributed by atoms with Crippen LogP contribution in [0.4, 0.5) is 13.2 Å². The van der Waals surface area contributed by atoms with E-state index < -0.39 is 17.7 Å². The minimum Gasteiger partial charge on any atom is -0.481 e. The van der Waals surface area contributed by atoms with Crippen LogP contribution in [-0.2, 0) is 17.5 Å². The molecule has 1 N–H and O–H groups in total. The SMILES string of the molecule is O=C(O)CCn1nnnc1-c1cc(C(F)(F)F)ccc1Br. The van der Waals surface area contributed by atoms with Crippen molar-refractivity contribution in [2.75, 3.05) is 0 Å². The van der Waals surface area contributed by atoms with E-state index in [0.29, 0.717) is 4.47 Å². The Morgan fingerprint density at radius 1 is 1.38 bits per heavy atom. The van der Waals surface area contributed by atoms with Gasteiger partial charge in [-0.1, -0.05) is 15.9 Å². The Morgan fingerprint density at radius 2 is 2.10 bits per heavy atom. The largest absolute Gasteiger partial charge is 0.481 e. The molecular formula is C11H8BrF3N4O2. The van der Waals surface area contributed by atoms with Crippen LogP contribution in [0.15, 0.2) is 22.7 Å². The van der Waals surface area contributed by atoms with Crippen LogP contribution in [-0.4, -0.2) is 31.3 Å². The third-order valence-corrected chi connectivity index (χ3v) is 3.30. The summed E-state index contributed by atoms with van der Waals surface area (Å²) in [6, 6.07) is 3.08.